The fraction of sp³-hybridized carbons (Fsp3) is 0.471. The minimum absolute atomic E-state index is 0.117. The van der Waals surface area contributed by atoms with Gasteiger partial charge in [0.25, 0.3) is 5.91 Å². The van der Waals surface area contributed by atoms with Gasteiger partial charge >= 0.3 is 0 Å². The molecule has 0 saturated carbocycles. The Labute approximate surface area is 141 Å². The number of benzene rings is 1. The average molecular weight is 330 g/mol. The molecule has 24 heavy (non-hydrogen) atoms. The van der Waals surface area contributed by atoms with E-state index >= 15 is 0 Å². The highest BCUT2D eigenvalue weighted by molar-refractivity contribution is 5.93. The van der Waals surface area contributed by atoms with E-state index in [9.17, 15) is 4.79 Å². The van der Waals surface area contributed by atoms with Crippen molar-refractivity contribution in [3.63, 3.8) is 0 Å². The molecule has 2 aromatic rings. The van der Waals surface area contributed by atoms with Crippen molar-refractivity contribution in [1.29, 1.82) is 0 Å². The van der Waals surface area contributed by atoms with E-state index in [4.69, 9.17) is 9.47 Å². The van der Waals surface area contributed by atoms with Crippen LogP contribution in [0.1, 0.15) is 23.1 Å². The fourth-order valence-corrected chi connectivity index (χ4v) is 2.99. The summed E-state index contributed by atoms with van der Waals surface area (Å²) < 4.78 is 12.6. The van der Waals surface area contributed by atoms with Gasteiger partial charge in [0.05, 0.1) is 30.6 Å². The molecule has 1 aliphatic heterocycles. The Morgan fingerprint density at radius 1 is 1.38 bits per heavy atom. The van der Waals surface area contributed by atoms with Crippen molar-refractivity contribution in [2.24, 2.45) is 0 Å². The van der Waals surface area contributed by atoms with Gasteiger partial charge in [0.15, 0.2) is 5.69 Å². The van der Waals surface area contributed by atoms with Crippen LogP contribution in [0.5, 0.6) is 0 Å². The van der Waals surface area contributed by atoms with Crippen LogP contribution in [0, 0.1) is 0 Å². The summed E-state index contributed by atoms with van der Waals surface area (Å²) in [5, 5.41) is 8.33. The smallest absolute Gasteiger partial charge is 0.276 e. The van der Waals surface area contributed by atoms with Gasteiger partial charge in [0.2, 0.25) is 0 Å². The third kappa shape index (κ3) is 2.92. The van der Waals surface area contributed by atoms with Gasteiger partial charge in [-0.15, -0.1) is 5.10 Å². The maximum Gasteiger partial charge on any atom is 0.276 e. The number of rotatable bonds is 5. The van der Waals surface area contributed by atoms with Crippen LogP contribution in [0.4, 0.5) is 0 Å². The highest BCUT2D eigenvalue weighted by atomic mass is 16.5. The topological polar surface area (TPSA) is 69.5 Å². The predicted molar refractivity (Wildman–Crippen MR) is 88.2 cm³/mol. The van der Waals surface area contributed by atoms with Gasteiger partial charge in [-0.25, -0.2) is 4.68 Å². The van der Waals surface area contributed by atoms with Crippen molar-refractivity contribution in [2.45, 2.75) is 25.5 Å². The molecule has 1 aromatic heterocycles. The number of methoxy groups -OCH3 is 1. The zero-order valence-corrected chi connectivity index (χ0v) is 14.2. The number of amides is 1. The van der Waals surface area contributed by atoms with E-state index < -0.39 is 0 Å². The molecule has 7 heteroatoms. The van der Waals surface area contributed by atoms with Gasteiger partial charge in [0.1, 0.15) is 6.10 Å². The van der Waals surface area contributed by atoms with Crippen LogP contribution in [0.3, 0.4) is 0 Å². The molecule has 1 aromatic carbocycles. The molecule has 0 N–H and O–H groups in total. The number of ether oxygens (including phenoxy) is 2. The number of aromatic nitrogens is 3. The van der Waals surface area contributed by atoms with E-state index in [-0.39, 0.29) is 18.1 Å². The van der Waals surface area contributed by atoms with Crippen LogP contribution in [0.2, 0.25) is 0 Å². The Bertz CT molecular complexity index is 701. The Kier molecular flexibility index (Phi) is 4.92. The first-order valence-electron chi connectivity index (χ1n) is 8.05. The lowest BCUT2D eigenvalue weighted by atomic mass is 10.1. The lowest BCUT2D eigenvalue weighted by Gasteiger charge is -2.26. The number of nitrogens with zero attached hydrogens (tertiary/aromatic N) is 4. The second-order valence-corrected chi connectivity index (χ2v) is 5.78. The lowest BCUT2D eigenvalue weighted by Crippen LogP contribution is -2.45. The van der Waals surface area contributed by atoms with E-state index in [0.717, 1.165) is 11.4 Å². The molecule has 0 radical (unpaired) electrons. The Hall–Kier alpha value is -2.25. The van der Waals surface area contributed by atoms with E-state index in [1.54, 1.807) is 23.7 Å². The van der Waals surface area contributed by atoms with Crippen molar-refractivity contribution < 1.29 is 14.3 Å². The van der Waals surface area contributed by atoms with E-state index in [1.807, 2.05) is 37.3 Å². The van der Waals surface area contributed by atoms with Crippen LogP contribution >= 0.6 is 0 Å². The fourth-order valence-electron chi connectivity index (χ4n) is 2.99. The van der Waals surface area contributed by atoms with Crippen LogP contribution in [0.15, 0.2) is 30.3 Å². The minimum Gasteiger partial charge on any atom is -0.377 e. The van der Waals surface area contributed by atoms with Crippen molar-refractivity contribution in [3.8, 4) is 5.69 Å². The molecule has 7 nitrogen and oxygen atoms in total. The summed E-state index contributed by atoms with van der Waals surface area (Å²) in [4.78, 5) is 14.6. The maximum absolute atomic E-state index is 12.9. The summed E-state index contributed by atoms with van der Waals surface area (Å²) in [6.45, 7) is 2.96. The largest absolute Gasteiger partial charge is 0.377 e. The van der Waals surface area contributed by atoms with Gasteiger partial charge in [-0.05, 0) is 18.6 Å². The van der Waals surface area contributed by atoms with E-state index in [0.29, 0.717) is 25.3 Å². The minimum atomic E-state index is -0.161. The Morgan fingerprint density at radius 2 is 2.12 bits per heavy atom. The zero-order valence-electron chi connectivity index (χ0n) is 14.2. The first-order valence-corrected chi connectivity index (χ1v) is 8.05. The average Bonchev–Trinajstić information content (AvgIpc) is 3.27. The third-order valence-electron chi connectivity index (χ3n) is 4.42. The van der Waals surface area contributed by atoms with Gasteiger partial charge in [-0.3, -0.25) is 4.79 Å². The van der Waals surface area contributed by atoms with Crippen molar-refractivity contribution >= 4 is 5.91 Å². The number of likely N-dealkylation sites (N-methyl/N-ethyl adjacent to an activating group) is 1. The Morgan fingerprint density at radius 3 is 2.79 bits per heavy atom. The van der Waals surface area contributed by atoms with Crippen molar-refractivity contribution in [2.75, 3.05) is 27.4 Å². The molecular weight excluding hydrogens is 308 g/mol. The number of para-hydroxylation sites is 1. The first-order chi connectivity index (χ1) is 11.7. The van der Waals surface area contributed by atoms with Crippen LogP contribution in [0.25, 0.3) is 5.69 Å². The van der Waals surface area contributed by atoms with Crippen LogP contribution in [-0.4, -0.2) is 65.3 Å². The number of hydrogen-bond donors (Lipinski definition) is 0. The van der Waals surface area contributed by atoms with Gasteiger partial charge in [-0.1, -0.05) is 30.3 Å². The first kappa shape index (κ1) is 16.6. The molecule has 1 fully saturated rings. The molecule has 0 bridgehead atoms. The molecule has 2 heterocycles. The molecule has 0 unspecified atom stereocenters. The summed E-state index contributed by atoms with van der Waals surface area (Å²) in [6, 6.07) is 9.58. The molecule has 2 atom stereocenters. The van der Waals surface area contributed by atoms with E-state index in [1.165, 1.54) is 0 Å². The monoisotopic (exact) mass is 330 g/mol. The summed E-state index contributed by atoms with van der Waals surface area (Å²) >= 11 is 0. The molecule has 1 saturated heterocycles. The van der Waals surface area contributed by atoms with E-state index in [2.05, 4.69) is 10.3 Å². The lowest BCUT2D eigenvalue weighted by molar-refractivity contribution is 0.0398. The highest BCUT2D eigenvalue weighted by Crippen LogP contribution is 2.19. The second kappa shape index (κ2) is 7.11. The third-order valence-corrected chi connectivity index (χ3v) is 4.42. The summed E-state index contributed by atoms with van der Waals surface area (Å²) in [7, 11) is 3.39. The normalized spacial score (nSPS) is 20.3. The van der Waals surface area contributed by atoms with Gasteiger partial charge < -0.3 is 14.4 Å². The molecule has 0 aliphatic carbocycles. The van der Waals surface area contributed by atoms with Crippen LogP contribution < -0.4 is 0 Å². The quantitative estimate of drug-likeness (QED) is 0.827. The Balaban J connectivity index is 1.89. The molecule has 0 spiro atoms. The SMILES string of the molecule is CCc1c(C(=O)N(C)[C@@H]2COC[C@@H]2OC)nnn1-c1ccccc1. The zero-order chi connectivity index (χ0) is 17.1. The molecule has 1 aliphatic rings. The molecule has 1 amide bonds. The standard InChI is InChI=1S/C17H22N4O3/c1-4-13-16(18-19-21(13)12-8-6-5-7-9-12)17(22)20(2)14-10-24-11-15(14)23-3/h5-9,14-15H,4,10-11H2,1-3H3/t14-,15+/m1/s1. The van der Waals surface area contributed by atoms with Crippen LogP contribution in [-0.2, 0) is 15.9 Å². The molecule has 3 rings (SSSR count). The maximum atomic E-state index is 12.9. The van der Waals surface area contributed by atoms with Gasteiger partial charge in [0, 0.05) is 14.2 Å². The summed E-state index contributed by atoms with van der Waals surface area (Å²) in [6.07, 6.45) is 0.541. The number of hydrogen-bond acceptors (Lipinski definition) is 5. The summed E-state index contributed by atoms with van der Waals surface area (Å²) in [5.41, 5.74) is 2.07. The number of carbonyl (C=O) groups is 1. The molecule has 128 valence electrons. The molecular formula is C17H22N4O3. The van der Waals surface area contributed by atoms with Crippen molar-refractivity contribution in [1.82, 2.24) is 19.9 Å². The van der Waals surface area contributed by atoms with Crippen molar-refractivity contribution in [3.05, 3.63) is 41.7 Å². The van der Waals surface area contributed by atoms with Gasteiger partial charge in [-0.2, -0.15) is 0 Å². The number of carbonyl (C=O) groups excluding carboxylic acids is 1. The predicted octanol–water partition coefficient (Wildman–Crippen LogP) is 1.32. The highest BCUT2D eigenvalue weighted by Gasteiger charge is 2.35. The second-order valence-electron chi connectivity index (χ2n) is 5.78. The summed E-state index contributed by atoms with van der Waals surface area (Å²) in [5.74, 6) is -0.161.